The maximum absolute atomic E-state index is 3.23. The minimum absolute atomic E-state index is 0. The molecule has 0 bridgehead atoms. The molecule has 1 aliphatic rings. The van der Waals surface area contributed by atoms with E-state index in [2.05, 4.69) is 144 Å². The summed E-state index contributed by atoms with van der Waals surface area (Å²) in [6.45, 7) is 27.1. The van der Waals surface area contributed by atoms with Gasteiger partial charge in [-0.25, -0.2) is 6.08 Å². The van der Waals surface area contributed by atoms with Gasteiger partial charge in [-0.2, -0.15) is 11.6 Å². The van der Waals surface area contributed by atoms with Gasteiger partial charge in [0.05, 0.1) is 0 Å². The van der Waals surface area contributed by atoms with Crippen LogP contribution in [0.4, 0.5) is 0 Å². The van der Waals surface area contributed by atoms with Crippen molar-refractivity contribution in [3.05, 3.63) is 77.4 Å². The van der Waals surface area contributed by atoms with Crippen LogP contribution < -0.4 is 24.8 Å². The van der Waals surface area contributed by atoms with E-state index in [0.717, 1.165) is 12.3 Å². The van der Waals surface area contributed by atoms with Gasteiger partial charge in [0.25, 0.3) is 0 Å². The molecule has 39 heavy (non-hydrogen) atoms. The smallest absolute Gasteiger partial charge is 1.00 e. The molecule has 0 amide bonds. The van der Waals surface area contributed by atoms with E-state index in [1.165, 1.54) is 47.9 Å². The van der Waals surface area contributed by atoms with Crippen LogP contribution in [0.2, 0.25) is 0 Å². The fourth-order valence-electron chi connectivity index (χ4n) is 4.94. The summed E-state index contributed by atoms with van der Waals surface area (Å²) >= 11 is 1.55. The van der Waals surface area contributed by atoms with Crippen LogP contribution in [0.15, 0.2) is 60.2 Å². The number of allylic oxidation sites excluding steroid dienone is 4. The van der Waals surface area contributed by atoms with Crippen molar-refractivity contribution in [3.8, 4) is 0 Å². The second kappa shape index (κ2) is 15.4. The second-order valence-electron chi connectivity index (χ2n) is 13.9. The maximum Gasteiger partial charge on any atom is -1.00 e. The van der Waals surface area contributed by atoms with Gasteiger partial charge >= 0.3 is 41.3 Å². The quantitative estimate of drug-likeness (QED) is 0.360. The standard InChI is InChI=1S/C21H25.C12H19.C3H6.2ClH.Zr/c1-20(2,3)16-9-7-14-11-15-8-10-17(21(4,5)6)13-19(15)18(14)12-16;1-10(2)9-12(3,4)11-7-5-6-8-11;1-3-2;;;/h7-13H,1-6H3;7-8,10H,5,9H2,1-4H3;1-2H3;2*1H;/q2*-1;;;;+2/p-2. The summed E-state index contributed by atoms with van der Waals surface area (Å²) < 4.78 is 1.51. The van der Waals surface area contributed by atoms with Gasteiger partial charge in [0.1, 0.15) is 0 Å². The van der Waals surface area contributed by atoms with Crippen molar-refractivity contribution in [2.75, 3.05) is 0 Å². The van der Waals surface area contributed by atoms with Crippen LogP contribution in [-0.2, 0) is 35.1 Å². The summed E-state index contributed by atoms with van der Waals surface area (Å²) in [5.41, 5.74) is 5.01. The number of rotatable bonds is 3. The molecule has 3 heteroatoms. The Morgan fingerprint density at radius 1 is 0.821 bits per heavy atom. The topological polar surface area (TPSA) is 0 Å². The molecule has 3 aromatic rings. The largest absolute Gasteiger partial charge is 1.00 e. The summed E-state index contributed by atoms with van der Waals surface area (Å²) in [5, 5.41) is 5.49. The van der Waals surface area contributed by atoms with Gasteiger partial charge in [-0.15, -0.1) is 46.2 Å². The van der Waals surface area contributed by atoms with Crippen LogP contribution in [0.1, 0.15) is 107 Å². The van der Waals surface area contributed by atoms with Crippen LogP contribution in [-0.4, -0.2) is 3.21 Å². The first-order valence-electron chi connectivity index (χ1n) is 13.8. The Kier molecular flexibility index (Phi) is 15.0. The van der Waals surface area contributed by atoms with E-state index >= 15 is 0 Å². The Morgan fingerprint density at radius 3 is 1.54 bits per heavy atom. The molecule has 0 atom stereocenters. The minimum Gasteiger partial charge on any atom is -1.00 e. The van der Waals surface area contributed by atoms with Crippen LogP contribution in [0, 0.1) is 17.4 Å². The van der Waals surface area contributed by atoms with Crippen molar-refractivity contribution in [2.45, 2.75) is 107 Å². The van der Waals surface area contributed by atoms with Gasteiger partial charge in [-0.3, -0.25) is 6.08 Å². The van der Waals surface area contributed by atoms with E-state index in [-0.39, 0.29) is 35.6 Å². The Balaban J connectivity index is 0.000000687. The average Bonchev–Trinajstić information content (AvgIpc) is 3.39. The van der Waals surface area contributed by atoms with Crippen LogP contribution in [0.25, 0.3) is 21.5 Å². The molecule has 0 spiro atoms. The average molecular weight is 645 g/mol. The summed E-state index contributed by atoms with van der Waals surface area (Å²) in [5.74, 6) is 0.773. The third-order valence-corrected chi connectivity index (χ3v) is 6.84. The van der Waals surface area contributed by atoms with Crippen molar-refractivity contribution < 1.29 is 49.0 Å². The van der Waals surface area contributed by atoms with Crippen molar-refractivity contribution >= 4 is 24.8 Å². The predicted octanol–water partition coefficient (Wildman–Crippen LogP) is 4.81. The van der Waals surface area contributed by atoms with E-state index in [1.54, 1.807) is 24.2 Å². The third kappa shape index (κ3) is 11.5. The Hall–Kier alpha value is -0.877. The Morgan fingerprint density at radius 2 is 1.23 bits per heavy atom. The number of hydrogen-bond acceptors (Lipinski definition) is 0. The van der Waals surface area contributed by atoms with Crippen LogP contribution in [0.5, 0.6) is 0 Å². The molecule has 0 nitrogen and oxygen atoms in total. The molecule has 3 aromatic carbocycles. The van der Waals surface area contributed by atoms with Gasteiger partial charge in [0, 0.05) is 0 Å². The summed E-state index contributed by atoms with van der Waals surface area (Å²) in [6.07, 6.45) is 9.95. The fraction of sp³-hybridized carbons (Fsp3) is 0.500. The number of halogens is 2. The van der Waals surface area contributed by atoms with Gasteiger partial charge in [-0.05, 0) is 16.7 Å². The normalized spacial score (nSPS) is 13.2. The molecular formula is C36H50Cl2Zr-2. The number of hydrogen-bond donors (Lipinski definition) is 0. The first kappa shape index (κ1) is 38.1. The van der Waals surface area contributed by atoms with Crippen molar-refractivity contribution in [1.82, 2.24) is 0 Å². The first-order chi connectivity index (χ1) is 16.9. The second-order valence-corrected chi connectivity index (χ2v) is 16.4. The third-order valence-electron chi connectivity index (χ3n) is 6.84. The SMILES string of the molecule is CC(C)(C)c1ccc2[cH-]c3ccc(C(C)(C)C)cc3c2c1.CC(C)CC(C)(C)C1=CC[C-]=C1.C[C](C)=[Zr+2].[Cl-].[Cl-]. The van der Waals surface area contributed by atoms with Gasteiger partial charge in [0.2, 0.25) is 0 Å². The summed E-state index contributed by atoms with van der Waals surface area (Å²) in [6, 6.07) is 16.1. The molecule has 0 N–H and O–H groups in total. The molecule has 4 rings (SSSR count). The van der Waals surface area contributed by atoms with Crippen molar-refractivity contribution in [1.29, 1.82) is 0 Å². The fourth-order valence-corrected chi connectivity index (χ4v) is 4.94. The summed E-state index contributed by atoms with van der Waals surface area (Å²) in [4.78, 5) is 0. The number of fused-ring (bicyclic) bond motifs is 3. The first-order valence-corrected chi connectivity index (χ1v) is 15.1. The van der Waals surface area contributed by atoms with Gasteiger partial charge < -0.3 is 24.8 Å². The number of benzene rings is 2. The molecule has 0 unspecified atom stereocenters. The van der Waals surface area contributed by atoms with Crippen molar-refractivity contribution in [2.24, 2.45) is 11.3 Å². The Bertz CT molecular complexity index is 1200. The molecular weight excluding hydrogens is 595 g/mol. The molecule has 0 heterocycles. The molecule has 0 saturated heterocycles. The molecule has 0 aliphatic heterocycles. The predicted molar refractivity (Wildman–Crippen MR) is 165 cm³/mol. The molecule has 0 saturated carbocycles. The zero-order chi connectivity index (χ0) is 28.2. The van der Waals surface area contributed by atoms with E-state index in [9.17, 15) is 0 Å². The van der Waals surface area contributed by atoms with E-state index < -0.39 is 0 Å². The maximum atomic E-state index is 3.23. The van der Waals surface area contributed by atoms with Gasteiger partial charge in [0.15, 0.2) is 0 Å². The molecule has 0 fully saturated rings. The zero-order valence-electron chi connectivity index (χ0n) is 26.4. The van der Waals surface area contributed by atoms with E-state index in [0.29, 0.717) is 5.41 Å². The van der Waals surface area contributed by atoms with Gasteiger partial charge in [-0.1, -0.05) is 116 Å². The monoisotopic (exact) mass is 642 g/mol. The zero-order valence-corrected chi connectivity index (χ0v) is 30.4. The molecule has 1 aliphatic carbocycles. The van der Waals surface area contributed by atoms with Crippen LogP contribution >= 0.6 is 0 Å². The minimum atomic E-state index is 0. The van der Waals surface area contributed by atoms with Crippen LogP contribution in [0.3, 0.4) is 0 Å². The van der Waals surface area contributed by atoms with E-state index in [4.69, 9.17) is 0 Å². The van der Waals surface area contributed by atoms with Crippen molar-refractivity contribution in [3.63, 3.8) is 0 Å². The molecule has 0 radical (unpaired) electrons. The Labute approximate surface area is 267 Å². The molecule has 214 valence electrons. The summed E-state index contributed by atoms with van der Waals surface area (Å²) in [7, 11) is 0. The molecule has 0 aromatic heterocycles. The van der Waals surface area contributed by atoms with E-state index in [1.807, 2.05) is 0 Å².